The van der Waals surface area contributed by atoms with E-state index in [0.29, 0.717) is 29.5 Å². The lowest BCUT2D eigenvalue weighted by atomic mass is 10.1. The maximum absolute atomic E-state index is 5.09. The van der Waals surface area contributed by atoms with Crippen LogP contribution in [0.15, 0.2) is 28.9 Å². The van der Waals surface area contributed by atoms with Crippen molar-refractivity contribution in [2.45, 2.75) is 25.3 Å². The highest BCUT2D eigenvalue weighted by atomic mass is 16.6. The van der Waals surface area contributed by atoms with Gasteiger partial charge in [-0.3, -0.25) is 0 Å². The number of nitrogens with one attached hydrogen (secondary N) is 2. The normalized spacial score (nSPS) is 16.1. The number of aryl methyl sites for hydroxylation is 1. The Morgan fingerprint density at radius 2 is 1.96 bits per heavy atom. The van der Waals surface area contributed by atoms with Crippen LogP contribution in [-0.4, -0.2) is 40.5 Å². The third-order valence-corrected chi connectivity index (χ3v) is 4.38. The molecule has 1 aliphatic rings. The Labute approximate surface area is 145 Å². The molecule has 1 aliphatic carbocycles. The molecule has 4 rings (SSSR count). The van der Waals surface area contributed by atoms with Crippen molar-refractivity contribution in [2.75, 3.05) is 30.9 Å². The molecule has 2 aromatic heterocycles. The van der Waals surface area contributed by atoms with Gasteiger partial charge in [-0.05, 0) is 40.7 Å². The van der Waals surface area contributed by atoms with Gasteiger partial charge in [-0.2, -0.15) is 0 Å². The zero-order chi connectivity index (χ0) is 17.1. The number of rotatable bonds is 7. The molecule has 1 aromatic carbocycles. The van der Waals surface area contributed by atoms with Crippen LogP contribution in [0.5, 0.6) is 0 Å². The average molecular weight is 340 g/mol. The van der Waals surface area contributed by atoms with E-state index in [1.165, 1.54) is 11.1 Å². The second kappa shape index (κ2) is 7.02. The Kier molecular flexibility index (Phi) is 4.43. The van der Waals surface area contributed by atoms with Crippen LogP contribution in [-0.2, 0) is 11.2 Å². The fraction of sp³-hybridized carbons (Fsp3) is 0.412. The summed E-state index contributed by atoms with van der Waals surface area (Å²) in [5.41, 5.74) is 3.49. The molecule has 130 valence electrons. The number of anilines is 2. The van der Waals surface area contributed by atoms with Crippen LogP contribution in [0, 0.1) is 0 Å². The predicted molar refractivity (Wildman–Crippen MR) is 93.5 cm³/mol. The maximum Gasteiger partial charge on any atom is 0.245 e. The minimum Gasteiger partial charge on any atom is -0.385 e. The first-order valence-corrected chi connectivity index (χ1v) is 8.42. The molecule has 8 heteroatoms. The molecule has 0 saturated heterocycles. The fourth-order valence-electron chi connectivity index (χ4n) is 3.16. The van der Waals surface area contributed by atoms with Crippen molar-refractivity contribution in [3.8, 4) is 0 Å². The van der Waals surface area contributed by atoms with Crippen LogP contribution in [0.25, 0.3) is 11.3 Å². The first-order valence-electron chi connectivity index (χ1n) is 8.42. The summed E-state index contributed by atoms with van der Waals surface area (Å²) in [6.07, 6.45) is 2.96. The highest BCUT2D eigenvalue weighted by Gasteiger charge is 2.24. The van der Waals surface area contributed by atoms with Gasteiger partial charge >= 0.3 is 0 Å². The van der Waals surface area contributed by atoms with Crippen molar-refractivity contribution in [1.29, 1.82) is 0 Å². The Morgan fingerprint density at radius 3 is 2.80 bits per heavy atom. The molecule has 0 amide bonds. The van der Waals surface area contributed by atoms with Crippen LogP contribution >= 0.6 is 0 Å². The Balaban J connectivity index is 1.59. The topological polar surface area (TPSA) is 98.0 Å². The number of aromatic nitrogens is 4. The van der Waals surface area contributed by atoms with Crippen LogP contribution in [0.1, 0.15) is 30.0 Å². The average Bonchev–Trinajstić information content (AvgIpc) is 3.25. The van der Waals surface area contributed by atoms with E-state index in [2.05, 4.69) is 55.2 Å². The summed E-state index contributed by atoms with van der Waals surface area (Å²) in [5.74, 6) is 1.33. The molecule has 0 radical (unpaired) electrons. The van der Waals surface area contributed by atoms with E-state index < -0.39 is 0 Å². The molecular formula is C17H20N6O2. The first-order chi connectivity index (χ1) is 12.3. The van der Waals surface area contributed by atoms with Crippen molar-refractivity contribution in [2.24, 2.45) is 0 Å². The quantitative estimate of drug-likeness (QED) is 0.633. The van der Waals surface area contributed by atoms with Crippen molar-refractivity contribution in [3.63, 3.8) is 0 Å². The minimum absolute atomic E-state index is 0.210. The van der Waals surface area contributed by atoms with Crippen LogP contribution < -0.4 is 10.6 Å². The second-order valence-corrected chi connectivity index (χ2v) is 6.04. The van der Waals surface area contributed by atoms with E-state index in [9.17, 15) is 0 Å². The molecule has 0 spiro atoms. The van der Waals surface area contributed by atoms with E-state index in [-0.39, 0.29) is 6.04 Å². The van der Waals surface area contributed by atoms with Gasteiger partial charge in [0.25, 0.3) is 0 Å². The number of hydrogen-bond acceptors (Lipinski definition) is 8. The number of fused-ring (bicyclic) bond motifs is 2. The summed E-state index contributed by atoms with van der Waals surface area (Å²) in [6, 6.07) is 8.70. The summed E-state index contributed by atoms with van der Waals surface area (Å²) in [7, 11) is 1.69. The molecule has 0 saturated carbocycles. The SMILES string of the molecule is COCCCNc1nc2nonc2nc1N[C@H]1CCc2ccccc21. The maximum atomic E-state index is 5.09. The van der Waals surface area contributed by atoms with Gasteiger partial charge in [0, 0.05) is 20.3 Å². The highest BCUT2D eigenvalue weighted by Crippen LogP contribution is 2.34. The number of ether oxygens (including phenoxy) is 1. The zero-order valence-electron chi connectivity index (χ0n) is 14.0. The molecule has 0 unspecified atom stereocenters. The van der Waals surface area contributed by atoms with E-state index in [1.54, 1.807) is 7.11 Å². The summed E-state index contributed by atoms with van der Waals surface area (Å²) >= 11 is 0. The van der Waals surface area contributed by atoms with Gasteiger partial charge < -0.3 is 15.4 Å². The van der Waals surface area contributed by atoms with Crippen molar-refractivity contribution >= 4 is 22.9 Å². The molecule has 0 bridgehead atoms. The number of hydrogen-bond donors (Lipinski definition) is 2. The van der Waals surface area contributed by atoms with Gasteiger partial charge in [-0.15, -0.1) is 0 Å². The molecule has 2 N–H and O–H groups in total. The van der Waals surface area contributed by atoms with Gasteiger partial charge in [-0.25, -0.2) is 14.6 Å². The molecule has 8 nitrogen and oxygen atoms in total. The molecule has 0 aliphatic heterocycles. The van der Waals surface area contributed by atoms with E-state index in [4.69, 9.17) is 9.37 Å². The molecule has 0 fully saturated rings. The number of benzene rings is 1. The fourth-order valence-corrected chi connectivity index (χ4v) is 3.16. The van der Waals surface area contributed by atoms with E-state index in [0.717, 1.165) is 25.8 Å². The lowest BCUT2D eigenvalue weighted by Gasteiger charge is -2.17. The Bertz CT molecular complexity index is 865. The summed E-state index contributed by atoms with van der Waals surface area (Å²) in [4.78, 5) is 9.02. The van der Waals surface area contributed by atoms with Crippen LogP contribution in [0.2, 0.25) is 0 Å². The van der Waals surface area contributed by atoms with E-state index in [1.807, 2.05) is 0 Å². The van der Waals surface area contributed by atoms with Crippen molar-refractivity contribution in [1.82, 2.24) is 20.3 Å². The molecule has 25 heavy (non-hydrogen) atoms. The summed E-state index contributed by atoms with van der Waals surface area (Å²) in [6.45, 7) is 1.42. The number of methoxy groups -OCH3 is 1. The Hall–Kier alpha value is -2.74. The largest absolute Gasteiger partial charge is 0.385 e. The lowest BCUT2D eigenvalue weighted by Crippen LogP contribution is -2.14. The lowest BCUT2D eigenvalue weighted by molar-refractivity contribution is 0.198. The molecule has 2 heterocycles. The third kappa shape index (κ3) is 3.25. The van der Waals surface area contributed by atoms with E-state index >= 15 is 0 Å². The standard InChI is InChI=1S/C17H20N6O2/c1-24-10-4-9-18-14-15(21-17-16(20-14)22-25-23-17)19-13-8-7-11-5-2-3-6-12(11)13/h2-3,5-6,13H,4,7-10H2,1H3,(H,18,20,22)(H,19,21,23)/t13-/m0/s1. The van der Waals surface area contributed by atoms with Crippen LogP contribution in [0.3, 0.4) is 0 Å². The van der Waals surface area contributed by atoms with Crippen molar-refractivity contribution in [3.05, 3.63) is 35.4 Å². The predicted octanol–water partition coefficient (Wildman–Crippen LogP) is 2.56. The van der Waals surface area contributed by atoms with Gasteiger partial charge in [0.15, 0.2) is 11.6 Å². The first kappa shape index (κ1) is 15.8. The van der Waals surface area contributed by atoms with Crippen molar-refractivity contribution < 1.29 is 9.37 Å². The summed E-state index contributed by atoms with van der Waals surface area (Å²) in [5, 5.41) is 14.4. The van der Waals surface area contributed by atoms with Gasteiger partial charge in [0.05, 0.1) is 6.04 Å². The van der Waals surface area contributed by atoms with Gasteiger partial charge in [0.1, 0.15) is 0 Å². The van der Waals surface area contributed by atoms with Gasteiger partial charge in [0.2, 0.25) is 11.3 Å². The molecular weight excluding hydrogens is 320 g/mol. The summed E-state index contributed by atoms with van der Waals surface area (Å²) < 4.78 is 9.83. The monoisotopic (exact) mass is 340 g/mol. The highest BCUT2D eigenvalue weighted by molar-refractivity contribution is 5.73. The third-order valence-electron chi connectivity index (χ3n) is 4.38. The minimum atomic E-state index is 0.210. The molecule has 3 aromatic rings. The molecule has 1 atom stereocenters. The zero-order valence-corrected chi connectivity index (χ0v) is 14.0. The van der Waals surface area contributed by atoms with Crippen LogP contribution in [0.4, 0.5) is 11.6 Å². The van der Waals surface area contributed by atoms with Gasteiger partial charge in [-0.1, -0.05) is 24.3 Å². The Morgan fingerprint density at radius 1 is 1.16 bits per heavy atom. The smallest absolute Gasteiger partial charge is 0.245 e. The number of nitrogens with zero attached hydrogens (tertiary/aromatic N) is 4. The second-order valence-electron chi connectivity index (χ2n) is 6.04.